The van der Waals surface area contributed by atoms with Crippen molar-refractivity contribution in [2.75, 3.05) is 12.8 Å². The monoisotopic (exact) mass is 305 g/mol. The lowest BCUT2D eigenvalue weighted by molar-refractivity contribution is -0.0682. The number of hydrogen-bond donors (Lipinski definition) is 1. The average Bonchev–Trinajstić information content (AvgIpc) is 2.95. The van der Waals surface area contributed by atoms with E-state index in [4.69, 9.17) is 4.42 Å². The molecule has 2 nitrogen and oxygen atoms in total. The van der Waals surface area contributed by atoms with E-state index in [9.17, 15) is 0 Å². The van der Waals surface area contributed by atoms with E-state index in [-0.39, 0.29) is 0 Å². The lowest BCUT2D eigenvalue weighted by Gasteiger charge is -2.59. The minimum atomic E-state index is 0.611. The number of rotatable bonds is 6. The van der Waals surface area contributed by atoms with Crippen molar-refractivity contribution in [2.45, 2.75) is 50.3 Å². The van der Waals surface area contributed by atoms with E-state index >= 15 is 0 Å². The molecule has 4 aliphatic rings. The minimum Gasteiger partial charge on any atom is -0.468 e. The van der Waals surface area contributed by atoms with Crippen molar-refractivity contribution in [3.05, 3.63) is 24.2 Å². The zero-order chi connectivity index (χ0) is 14.3. The lowest BCUT2D eigenvalue weighted by Crippen LogP contribution is -2.56. The van der Waals surface area contributed by atoms with Gasteiger partial charge in [-0.25, -0.2) is 0 Å². The molecule has 5 rings (SSSR count). The molecular formula is C18H27NOS. The normalized spacial score (nSPS) is 38.8. The van der Waals surface area contributed by atoms with Crippen LogP contribution in [-0.4, -0.2) is 18.8 Å². The van der Waals surface area contributed by atoms with Gasteiger partial charge in [0.15, 0.2) is 0 Å². The van der Waals surface area contributed by atoms with Gasteiger partial charge in [0, 0.05) is 11.8 Å². The fourth-order valence-corrected chi connectivity index (χ4v) is 7.08. The zero-order valence-electron chi connectivity index (χ0n) is 13.0. The second-order valence-electron chi connectivity index (χ2n) is 7.72. The molecule has 4 bridgehead atoms. The van der Waals surface area contributed by atoms with E-state index in [1.165, 1.54) is 44.3 Å². The van der Waals surface area contributed by atoms with Gasteiger partial charge in [0.25, 0.3) is 0 Å². The summed E-state index contributed by atoms with van der Waals surface area (Å²) >= 11 is 2.04. The molecule has 0 amide bonds. The second kappa shape index (κ2) is 5.66. The molecule has 1 atom stereocenters. The summed E-state index contributed by atoms with van der Waals surface area (Å²) in [5.41, 5.74) is 0.611. The first-order valence-electron chi connectivity index (χ1n) is 8.55. The lowest BCUT2D eigenvalue weighted by atomic mass is 9.48. The zero-order valence-corrected chi connectivity index (χ0v) is 13.8. The molecule has 1 N–H and O–H groups in total. The third-order valence-electron chi connectivity index (χ3n) is 6.28. The molecule has 0 aromatic carbocycles. The Morgan fingerprint density at radius 3 is 2.43 bits per heavy atom. The molecule has 116 valence electrons. The quantitative estimate of drug-likeness (QED) is 0.847. The van der Waals surface area contributed by atoms with E-state index in [2.05, 4.69) is 18.4 Å². The van der Waals surface area contributed by atoms with Gasteiger partial charge in [0.2, 0.25) is 0 Å². The van der Waals surface area contributed by atoms with Crippen LogP contribution in [0.15, 0.2) is 22.8 Å². The van der Waals surface area contributed by atoms with Crippen LogP contribution in [0.5, 0.6) is 0 Å². The van der Waals surface area contributed by atoms with Crippen LogP contribution in [0.1, 0.15) is 44.3 Å². The molecule has 4 saturated carbocycles. The van der Waals surface area contributed by atoms with Crippen molar-refractivity contribution in [2.24, 2.45) is 23.2 Å². The predicted molar refractivity (Wildman–Crippen MR) is 88.3 cm³/mol. The third-order valence-corrected chi connectivity index (χ3v) is 7.34. The summed E-state index contributed by atoms with van der Waals surface area (Å²) in [6.07, 6.45) is 10.9. The first-order valence-corrected chi connectivity index (χ1v) is 9.70. The van der Waals surface area contributed by atoms with Crippen LogP contribution in [-0.2, 0) is 5.75 Å². The summed E-state index contributed by atoms with van der Waals surface area (Å²) in [4.78, 5) is 0. The number of nitrogens with one attached hydrogen (secondary N) is 1. The molecule has 3 heteroatoms. The number of hydrogen-bond acceptors (Lipinski definition) is 3. The third kappa shape index (κ3) is 2.68. The molecule has 1 aromatic heterocycles. The van der Waals surface area contributed by atoms with E-state index in [1.807, 2.05) is 17.8 Å². The summed E-state index contributed by atoms with van der Waals surface area (Å²) in [5, 5.41) is 3.69. The summed E-state index contributed by atoms with van der Waals surface area (Å²) in [6, 6.07) is 4.77. The van der Waals surface area contributed by atoms with E-state index in [0.717, 1.165) is 29.3 Å². The molecule has 21 heavy (non-hydrogen) atoms. The molecule has 0 saturated heterocycles. The molecule has 4 aliphatic carbocycles. The SMILES string of the molecule is CNC(CSCc1ccco1)C12CC3CC(CC(C3)C1)C2. The van der Waals surface area contributed by atoms with Gasteiger partial charge in [0.05, 0.1) is 12.0 Å². The Kier molecular flexibility index (Phi) is 3.83. The average molecular weight is 305 g/mol. The van der Waals surface area contributed by atoms with E-state index in [0.29, 0.717) is 11.5 Å². The summed E-state index contributed by atoms with van der Waals surface area (Å²) < 4.78 is 5.46. The fourth-order valence-electron chi connectivity index (χ4n) is 5.84. The molecule has 1 heterocycles. The minimum absolute atomic E-state index is 0.611. The van der Waals surface area contributed by atoms with E-state index < -0.39 is 0 Å². The maximum Gasteiger partial charge on any atom is 0.113 e. The van der Waals surface area contributed by atoms with Crippen molar-refractivity contribution in [3.63, 3.8) is 0 Å². The van der Waals surface area contributed by atoms with Crippen molar-refractivity contribution < 1.29 is 4.42 Å². The van der Waals surface area contributed by atoms with Gasteiger partial charge in [-0.1, -0.05) is 0 Å². The number of furan rings is 1. The summed E-state index contributed by atoms with van der Waals surface area (Å²) in [7, 11) is 2.18. The first-order chi connectivity index (χ1) is 10.3. The summed E-state index contributed by atoms with van der Waals surface area (Å²) in [5.74, 6) is 6.48. The predicted octanol–water partition coefficient (Wildman–Crippen LogP) is 4.32. The van der Waals surface area contributed by atoms with Gasteiger partial charge in [-0.05, 0) is 80.9 Å². The smallest absolute Gasteiger partial charge is 0.113 e. The Bertz CT molecular complexity index is 434. The molecule has 1 unspecified atom stereocenters. The van der Waals surface area contributed by atoms with Crippen molar-refractivity contribution >= 4 is 11.8 Å². The second-order valence-corrected chi connectivity index (χ2v) is 8.75. The van der Waals surface area contributed by atoms with Crippen LogP contribution in [0.3, 0.4) is 0 Å². The first kappa shape index (κ1) is 14.2. The van der Waals surface area contributed by atoms with Crippen LogP contribution < -0.4 is 5.32 Å². The molecule has 0 spiro atoms. The Morgan fingerprint density at radius 1 is 1.24 bits per heavy atom. The number of thioether (sulfide) groups is 1. The molecule has 1 aromatic rings. The van der Waals surface area contributed by atoms with Crippen LogP contribution in [0, 0.1) is 23.2 Å². The van der Waals surface area contributed by atoms with Crippen molar-refractivity contribution in [1.29, 1.82) is 0 Å². The van der Waals surface area contributed by atoms with Gasteiger partial charge in [-0.15, -0.1) is 0 Å². The van der Waals surface area contributed by atoms with E-state index in [1.54, 1.807) is 6.26 Å². The Hall–Kier alpha value is -0.410. The highest BCUT2D eigenvalue weighted by Gasteiger charge is 2.53. The van der Waals surface area contributed by atoms with Crippen LogP contribution in [0.25, 0.3) is 0 Å². The molecule has 4 fully saturated rings. The maximum atomic E-state index is 5.46. The maximum absolute atomic E-state index is 5.46. The standard InChI is InChI=1S/C18H27NOS/c1-19-17(12-21-11-16-3-2-4-20-16)18-8-13-5-14(9-18)7-15(6-13)10-18/h2-4,13-15,17,19H,5-12H2,1H3. The molecular weight excluding hydrogens is 278 g/mol. The Morgan fingerprint density at radius 2 is 1.90 bits per heavy atom. The van der Waals surface area contributed by atoms with Crippen molar-refractivity contribution in [3.8, 4) is 0 Å². The van der Waals surface area contributed by atoms with Crippen LogP contribution in [0.2, 0.25) is 0 Å². The van der Waals surface area contributed by atoms with Gasteiger partial charge in [0.1, 0.15) is 5.76 Å². The molecule has 0 aliphatic heterocycles. The van der Waals surface area contributed by atoms with Crippen LogP contribution >= 0.6 is 11.8 Å². The molecule has 0 radical (unpaired) electrons. The topological polar surface area (TPSA) is 25.2 Å². The Labute approximate surface area is 132 Å². The largest absolute Gasteiger partial charge is 0.468 e. The summed E-state index contributed by atoms with van der Waals surface area (Å²) in [6.45, 7) is 0. The fraction of sp³-hybridized carbons (Fsp3) is 0.778. The van der Waals surface area contributed by atoms with Gasteiger partial charge >= 0.3 is 0 Å². The van der Waals surface area contributed by atoms with Crippen LogP contribution in [0.4, 0.5) is 0 Å². The highest BCUT2D eigenvalue weighted by atomic mass is 32.2. The van der Waals surface area contributed by atoms with Gasteiger partial charge in [-0.3, -0.25) is 0 Å². The highest BCUT2D eigenvalue weighted by molar-refractivity contribution is 7.98. The van der Waals surface area contributed by atoms with Gasteiger partial charge in [-0.2, -0.15) is 11.8 Å². The highest BCUT2D eigenvalue weighted by Crippen LogP contribution is 2.61. The Balaban J connectivity index is 1.40. The van der Waals surface area contributed by atoms with Crippen molar-refractivity contribution in [1.82, 2.24) is 5.32 Å². The van der Waals surface area contributed by atoms with Gasteiger partial charge < -0.3 is 9.73 Å².